The average molecular weight is 273 g/mol. The van der Waals surface area contributed by atoms with Crippen LogP contribution in [0.4, 0.5) is 4.79 Å². The van der Waals surface area contributed by atoms with Gasteiger partial charge in [-0.15, -0.1) is 0 Å². The van der Waals surface area contributed by atoms with E-state index in [1.165, 1.54) is 0 Å². The number of rotatable bonds is 7. The van der Waals surface area contributed by atoms with E-state index in [4.69, 9.17) is 5.11 Å². The van der Waals surface area contributed by atoms with Crippen LogP contribution < -0.4 is 16.0 Å². The fourth-order valence-corrected chi connectivity index (χ4v) is 0.972. The van der Waals surface area contributed by atoms with E-state index in [9.17, 15) is 14.4 Å². The lowest BCUT2D eigenvalue weighted by Gasteiger charge is -2.29. The molecule has 0 spiro atoms. The number of carbonyl (C=O) groups is 3. The fourth-order valence-electron chi connectivity index (χ4n) is 0.972. The largest absolute Gasteiger partial charge is 0.480 e. The molecule has 110 valence electrons. The summed E-state index contributed by atoms with van der Waals surface area (Å²) in [6.07, 6.45) is 0. The first-order valence-electron chi connectivity index (χ1n) is 6.15. The number of carbonyl (C=O) groups excluding carboxylic acids is 2. The standard InChI is InChI=1S/C12H23N3O4/c1-8(2)12(3,4)7-15-11(19)14-5-9(16)13-6-10(17)18/h8H,5-7H2,1-4H3,(H,13,16)(H,17,18)(H2,14,15,19). The van der Waals surface area contributed by atoms with E-state index < -0.39 is 24.5 Å². The van der Waals surface area contributed by atoms with Crippen molar-refractivity contribution < 1.29 is 19.5 Å². The minimum absolute atomic E-state index is 0.0388. The summed E-state index contributed by atoms with van der Waals surface area (Å²) in [6.45, 7) is 8.00. The molecule has 0 saturated heterocycles. The van der Waals surface area contributed by atoms with E-state index in [0.29, 0.717) is 12.5 Å². The summed E-state index contributed by atoms with van der Waals surface area (Å²) < 4.78 is 0. The molecule has 0 aromatic rings. The van der Waals surface area contributed by atoms with Gasteiger partial charge in [0.15, 0.2) is 0 Å². The van der Waals surface area contributed by atoms with E-state index in [2.05, 4.69) is 29.8 Å². The SMILES string of the molecule is CC(C)C(C)(C)CNC(=O)NCC(=O)NCC(=O)O. The van der Waals surface area contributed by atoms with Gasteiger partial charge in [-0.3, -0.25) is 9.59 Å². The monoisotopic (exact) mass is 273 g/mol. The van der Waals surface area contributed by atoms with Gasteiger partial charge in [0.25, 0.3) is 0 Å². The number of hydrogen-bond acceptors (Lipinski definition) is 3. The quantitative estimate of drug-likeness (QED) is 0.530. The number of urea groups is 1. The van der Waals surface area contributed by atoms with Gasteiger partial charge in [0.1, 0.15) is 6.54 Å². The molecule has 7 heteroatoms. The lowest BCUT2D eigenvalue weighted by atomic mass is 9.81. The van der Waals surface area contributed by atoms with Gasteiger partial charge in [0.2, 0.25) is 5.91 Å². The maximum atomic E-state index is 11.4. The topological polar surface area (TPSA) is 108 Å². The first-order valence-corrected chi connectivity index (χ1v) is 6.15. The van der Waals surface area contributed by atoms with Gasteiger partial charge in [-0.2, -0.15) is 0 Å². The summed E-state index contributed by atoms with van der Waals surface area (Å²) in [5, 5.41) is 15.5. The van der Waals surface area contributed by atoms with Gasteiger partial charge >= 0.3 is 12.0 Å². The number of hydrogen-bond donors (Lipinski definition) is 4. The lowest BCUT2D eigenvalue weighted by Crippen LogP contribution is -2.46. The van der Waals surface area contributed by atoms with Crippen LogP contribution in [0.25, 0.3) is 0 Å². The van der Waals surface area contributed by atoms with Crippen molar-refractivity contribution in [3.8, 4) is 0 Å². The van der Waals surface area contributed by atoms with E-state index in [-0.39, 0.29) is 12.0 Å². The third-order valence-corrected chi connectivity index (χ3v) is 3.11. The van der Waals surface area contributed by atoms with Crippen molar-refractivity contribution >= 4 is 17.9 Å². The second-order valence-corrected chi connectivity index (χ2v) is 5.35. The predicted octanol–water partition coefficient (Wildman–Crippen LogP) is 0.169. The highest BCUT2D eigenvalue weighted by Crippen LogP contribution is 2.24. The Hall–Kier alpha value is -1.79. The zero-order valence-electron chi connectivity index (χ0n) is 11.9. The van der Waals surface area contributed by atoms with Crippen molar-refractivity contribution in [2.75, 3.05) is 19.6 Å². The van der Waals surface area contributed by atoms with Gasteiger partial charge in [0.05, 0.1) is 6.54 Å². The third-order valence-electron chi connectivity index (χ3n) is 3.11. The molecule has 3 amide bonds. The third kappa shape index (κ3) is 8.01. The molecule has 0 aromatic carbocycles. The van der Waals surface area contributed by atoms with Crippen LogP contribution in [0.2, 0.25) is 0 Å². The molecule has 19 heavy (non-hydrogen) atoms. The molecule has 0 fully saturated rings. The summed E-state index contributed by atoms with van der Waals surface area (Å²) >= 11 is 0. The summed E-state index contributed by atoms with van der Waals surface area (Å²) in [4.78, 5) is 32.8. The maximum Gasteiger partial charge on any atom is 0.322 e. The van der Waals surface area contributed by atoms with Gasteiger partial charge < -0.3 is 21.1 Å². The van der Waals surface area contributed by atoms with Crippen molar-refractivity contribution in [3.05, 3.63) is 0 Å². The Kier molecular flexibility index (Phi) is 6.89. The molecular formula is C12H23N3O4. The normalized spacial score (nSPS) is 11.0. The van der Waals surface area contributed by atoms with Crippen LogP contribution in [-0.4, -0.2) is 42.6 Å². The van der Waals surface area contributed by atoms with Crippen LogP contribution in [0.5, 0.6) is 0 Å². The Balaban J connectivity index is 3.88. The molecule has 0 aromatic heterocycles. The molecule has 0 radical (unpaired) electrons. The molecule has 0 aliphatic rings. The van der Waals surface area contributed by atoms with Gasteiger partial charge in [-0.1, -0.05) is 27.7 Å². The molecule has 0 aliphatic carbocycles. The van der Waals surface area contributed by atoms with E-state index >= 15 is 0 Å². The lowest BCUT2D eigenvalue weighted by molar-refractivity contribution is -0.137. The minimum atomic E-state index is -1.13. The maximum absolute atomic E-state index is 11.4. The second kappa shape index (κ2) is 7.60. The van der Waals surface area contributed by atoms with Crippen LogP contribution in [0.3, 0.4) is 0 Å². The molecule has 0 atom stereocenters. The van der Waals surface area contributed by atoms with Gasteiger partial charge in [0, 0.05) is 6.54 Å². The first-order chi connectivity index (χ1) is 8.65. The summed E-state index contributed by atoms with van der Waals surface area (Å²) in [5.41, 5.74) is -0.0388. The molecule has 0 heterocycles. The molecular weight excluding hydrogens is 250 g/mol. The Labute approximate surface area is 113 Å². The summed E-state index contributed by atoms with van der Waals surface area (Å²) in [6, 6.07) is -0.445. The Morgan fingerprint density at radius 2 is 1.63 bits per heavy atom. The molecule has 7 nitrogen and oxygen atoms in total. The number of carboxylic acid groups (broad SMARTS) is 1. The van der Waals surface area contributed by atoms with E-state index in [1.807, 2.05) is 13.8 Å². The Morgan fingerprint density at radius 1 is 1.05 bits per heavy atom. The minimum Gasteiger partial charge on any atom is -0.480 e. The molecule has 0 bridgehead atoms. The number of nitrogens with one attached hydrogen (secondary N) is 3. The molecule has 0 aliphatic heterocycles. The fraction of sp³-hybridized carbons (Fsp3) is 0.750. The number of carboxylic acids is 1. The highest BCUT2D eigenvalue weighted by molar-refractivity contribution is 5.86. The second-order valence-electron chi connectivity index (χ2n) is 5.35. The Bertz CT molecular complexity index is 340. The van der Waals surface area contributed by atoms with Crippen LogP contribution >= 0.6 is 0 Å². The van der Waals surface area contributed by atoms with Crippen LogP contribution in [-0.2, 0) is 9.59 Å². The van der Waals surface area contributed by atoms with Crippen molar-refractivity contribution in [1.82, 2.24) is 16.0 Å². The van der Waals surface area contributed by atoms with Crippen molar-refractivity contribution in [2.45, 2.75) is 27.7 Å². The smallest absolute Gasteiger partial charge is 0.322 e. The van der Waals surface area contributed by atoms with Crippen molar-refractivity contribution in [2.24, 2.45) is 11.3 Å². The highest BCUT2D eigenvalue weighted by Gasteiger charge is 2.22. The van der Waals surface area contributed by atoms with Crippen molar-refractivity contribution in [3.63, 3.8) is 0 Å². The van der Waals surface area contributed by atoms with Gasteiger partial charge in [-0.25, -0.2) is 4.79 Å². The molecule has 4 N–H and O–H groups in total. The predicted molar refractivity (Wildman–Crippen MR) is 70.7 cm³/mol. The Morgan fingerprint density at radius 3 is 2.11 bits per heavy atom. The van der Waals surface area contributed by atoms with E-state index in [0.717, 1.165) is 0 Å². The van der Waals surface area contributed by atoms with E-state index in [1.54, 1.807) is 0 Å². The first kappa shape index (κ1) is 17.2. The van der Waals surface area contributed by atoms with Crippen molar-refractivity contribution in [1.29, 1.82) is 0 Å². The molecule has 0 saturated carbocycles. The zero-order valence-corrected chi connectivity index (χ0v) is 11.9. The van der Waals surface area contributed by atoms with Gasteiger partial charge in [-0.05, 0) is 11.3 Å². The number of amides is 3. The highest BCUT2D eigenvalue weighted by atomic mass is 16.4. The van der Waals surface area contributed by atoms with Crippen LogP contribution in [0, 0.1) is 11.3 Å². The summed E-state index contributed by atoms with van der Waals surface area (Å²) in [7, 11) is 0. The molecule has 0 rings (SSSR count). The average Bonchev–Trinajstić information content (AvgIpc) is 2.31. The zero-order chi connectivity index (χ0) is 15.1. The number of aliphatic carboxylic acids is 1. The summed E-state index contributed by atoms with van der Waals surface area (Å²) in [5.74, 6) is -1.26. The van der Waals surface area contributed by atoms with Crippen LogP contribution in [0.1, 0.15) is 27.7 Å². The van der Waals surface area contributed by atoms with Crippen LogP contribution in [0.15, 0.2) is 0 Å². The molecule has 0 unspecified atom stereocenters.